The number of nitrogens with two attached hydrogens (primary N) is 1. The number of carbonyl (C=O) groups is 3. The third kappa shape index (κ3) is 7.32. The molecule has 0 aromatic heterocycles. The second kappa shape index (κ2) is 12.7. The Bertz CT molecular complexity index is 1110. The average Bonchev–Trinajstić information content (AvgIpc) is 2.88. The Morgan fingerprint density at radius 1 is 1.11 bits per heavy atom. The van der Waals surface area contributed by atoms with Crippen LogP contribution >= 0.6 is 0 Å². The number of urea groups is 1. The maximum absolute atomic E-state index is 13.2. The van der Waals surface area contributed by atoms with Gasteiger partial charge in [0.15, 0.2) is 0 Å². The maximum atomic E-state index is 13.2. The van der Waals surface area contributed by atoms with Crippen molar-refractivity contribution in [2.75, 3.05) is 18.4 Å². The van der Waals surface area contributed by atoms with Crippen LogP contribution < -0.4 is 16.4 Å². The monoisotopic (exact) mass is 489 g/mol. The van der Waals surface area contributed by atoms with Gasteiger partial charge < -0.3 is 21.3 Å². The van der Waals surface area contributed by atoms with E-state index in [1.54, 1.807) is 12.1 Å². The molecule has 190 valence electrons. The molecule has 2 aromatic carbocycles. The Balaban J connectivity index is 1.60. The normalized spacial score (nSPS) is 14.5. The molecule has 36 heavy (non-hydrogen) atoms. The Kier molecular flexibility index (Phi) is 9.46. The summed E-state index contributed by atoms with van der Waals surface area (Å²) in [4.78, 5) is 38.8. The molecule has 1 heterocycles. The fourth-order valence-electron chi connectivity index (χ4n) is 4.62. The highest BCUT2D eigenvalue weighted by atomic mass is 16.2. The fourth-order valence-corrected chi connectivity index (χ4v) is 4.62. The quantitative estimate of drug-likeness (QED) is 0.481. The number of aryl methyl sites for hydroxylation is 1. The van der Waals surface area contributed by atoms with Gasteiger partial charge in [-0.2, -0.15) is 5.26 Å². The molecule has 1 saturated heterocycles. The molecule has 0 radical (unpaired) electrons. The number of nitrogens with one attached hydrogen (secondary N) is 2. The van der Waals surface area contributed by atoms with Crippen LogP contribution in [0.1, 0.15) is 78.4 Å². The number of nitriles is 1. The molecular formula is C28H35N5O3. The number of primary amides is 1. The predicted molar refractivity (Wildman–Crippen MR) is 139 cm³/mol. The first kappa shape index (κ1) is 26.7. The molecule has 4 N–H and O–H groups in total. The Labute approximate surface area is 212 Å². The number of rotatable bonds is 9. The summed E-state index contributed by atoms with van der Waals surface area (Å²) >= 11 is 0. The number of hydrogen-bond donors (Lipinski definition) is 3. The van der Waals surface area contributed by atoms with Gasteiger partial charge >= 0.3 is 6.03 Å². The van der Waals surface area contributed by atoms with Crippen molar-refractivity contribution in [2.45, 2.75) is 64.3 Å². The first-order chi connectivity index (χ1) is 17.3. The summed E-state index contributed by atoms with van der Waals surface area (Å²) in [6.45, 7) is 5.20. The molecule has 0 spiro atoms. The maximum Gasteiger partial charge on any atom is 0.319 e. The zero-order chi connectivity index (χ0) is 26.1. The van der Waals surface area contributed by atoms with E-state index >= 15 is 0 Å². The molecule has 4 amide bonds. The van der Waals surface area contributed by atoms with Gasteiger partial charge in [-0.1, -0.05) is 31.5 Å². The minimum absolute atomic E-state index is 0.0537. The van der Waals surface area contributed by atoms with Crippen molar-refractivity contribution in [3.8, 4) is 6.07 Å². The first-order valence-corrected chi connectivity index (χ1v) is 12.6. The second-order valence-corrected chi connectivity index (χ2v) is 9.42. The van der Waals surface area contributed by atoms with Crippen LogP contribution in [-0.2, 0) is 4.79 Å². The zero-order valence-electron chi connectivity index (χ0n) is 21.0. The smallest absolute Gasteiger partial charge is 0.319 e. The standard InChI is InChI=1S/C28H35N5O3/c1-3-4-24(11-12-26(30)34)31-28(36)32-25-17-23(8-5-19(25)2)27(35)33-15-13-22(14-16-33)21-9-6-20(18-29)7-10-21/h5-10,17,22,24H,3-4,11-16H2,1-2H3,(H2,30,34)(H2,31,32,36). The molecule has 3 rings (SSSR count). The molecule has 1 fully saturated rings. The molecule has 1 aliphatic heterocycles. The zero-order valence-corrected chi connectivity index (χ0v) is 21.0. The van der Waals surface area contributed by atoms with Gasteiger partial charge in [-0.25, -0.2) is 4.79 Å². The van der Waals surface area contributed by atoms with Crippen LogP contribution in [0.4, 0.5) is 10.5 Å². The van der Waals surface area contributed by atoms with Crippen LogP contribution in [0.3, 0.4) is 0 Å². The third-order valence-corrected chi connectivity index (χ3v) is 6.74. The summed E-state index contributed by atoms with van der Waals surface area (Å²) in [7, 11) is 0. The van der Waals surface area contributed by atoms with Crippen LogP contribution in [0.5, 0.6) is 0 Å². The summed E-state index contributed by atoms with van der Waals surface area (Å²) in [5.74, 6) is -0.0743. The van der Waals surface area contributed by atoms with Crippen LogP contribution in [0.15, 0.2) is 42.5 Å². The lowest BCUT2D eigenvalue weighted by Gasteiger charge is -2.32. The van der Waals surface area contributed by atoms with Crippen molar-refractivity contribution in [1.82, 2.24) is 10.2 Å². The van der Waals surface area contributed by atoms with E-state index in [0.717, 1.165) is 31.2 Å². The second-order valence-electron chi connectivity index (χ2n) is 9.42. The van der Waals surface area contributed by atoms with Crippen molar-refractivity contribution in [1.29, 1.82) is 5.26 Å². The predicted octanol–water partition coefficient (Wildman–Crippen LogP) is 4.44. The molecule has 2 aromatic rings. The largest absolute Gasteiger partial charge is 0.370 e. The number of piperidine rings is 1. The number of benzene rings is 2. The highest BCUT2D eigenvalue weighted by molar-refractivity contribution is 5.97. The first-order valence-electron chi connectivity index (χ1n) is 12.6. The van der Waals surface area contributed by atoms with Crippen molar-refractivity contribution < 1.29 is 14.4 Å². The molecule has 0 bridgehead atoms. The fraction of sp³-hybridized carbons (Fsp3) is 0.429. The van der Waals surface area contributed by atoms with Gasteiger partial charge in [-0.05, 0) is 73.9 Å². The van der Waals surface area contributed by atoms with E-state index in [9.17, 15) is 14.4 Å². The van der Waals surface area contributed by atoms with Crippen molar-refractivity contribution in [3.05, 3.63) is 64.7 Å². The van der Waals surface area contributed by atoms with Gasteiger partial charge in [0, 0.05) is 36.8 Å². The van der Waals surface area contributed by atoms with Crippen molar-refractivity contribution in [3.63, 3.8) is 0 Å². The third-order valence-electron chi connectivity index (χ3n) is 6.74. The molecule has 1 atom stereocenters. The molecule has 1 aliphatic rings. The summed E-state index contributed by atoms with van der Waals surface area (Å²) in [6.07, 6.45) is 4.05. The minimum Gasteiger partial charge on any atom is -0.370 e. The van der Waals surface area contributed by atoms with Crippen molar-refractivity contribution >= 4 is 23.5 Å². The lowest BCUT2D eigenvalue weighted by atomic mass is 9.89. The van der Waals surface area contributed by atoms with Crippen LogP contribution in [0.2, 0.25) is 0 Å². The molecule has 0 aliphatic carbocycles. The molecule has 1 unspecified atom stereocenters. The lowest BCUT2D eigenvalue weighted by Crippen LogP contribution is -2.39. The minimum atomic E-state index is -0.388. The van der Waals surface area contributed by atoms with Gasteiger partial charge in [-0.15, -0.1) is 0 Å². The molecule has 8 nitrogen and oxygen atoms in total. The van der Waals surface area contributed by atoms with Gasteiger partial charge in [0.25, 0.3) is 5.91 Å². The Morgan fingerprint density at radius 2 is 1.81 bits per heavy atom. The number of amides is 4. The summed E-state index contributed by atoms with van der Waals surface area (Å²) in [5.41, 5.74) is 9.07. The van der Waals surface area contributed by atoms with Gasteiger partial charge in [0.1, 0.15) is 0 Å². The summed E-state index contributed by atoms with van der Waals surface area (Å²) in [6, 6.07) is 14.7. The van der Waals surface area contributed by atoms with E-state index in [1.807, 2.05) is 49.1 Å². The van der Waals surface area contributed by atoms with E-state index in [4.69, 9.17) is 11.0 Å². The lowest BCUT2D eigenvalue weighted by molar-refractivity contribution is -0.118. The van der Waals surface area contributed by atoms with Crippen molar-refractivity contribution in [2.24, 2.45) is 5.73 Å². The van der Waals surface area contributed by atoms with E-state index in [0.29, 0.717) is 42.2 Å². The van der Waals surface area contributed by atoms with Gasteiger partial charge in [0.05, 0.1) is 11.6 Å². The highest BCUT2D eigenvalue weighted by Crippen LogP contribution is 2.29. The number of hydrogen-bond acceptors (Lipinski definition) is 4. The van der Waals surface area contributed by atoms with Crippen LogP contribution in [0, 0.1) is 18.3 Å². The van der Waals surface area contributed by atoms with Gasteiger partial charge in [0.2, 0.25) is 5.91 Å². The average molecular weight is 490 g/mol. The SMILES string of the molecule is CCCC(CCC(N)=O)NC(=O)Nc1cc(C(=O)N2CCC(c3ccc(C#N)cc3)CC2)ccc1C. The number of carbonyl (C=O) groups excluding carboxylic acids is 3. The Hall–Kier alpha value is -3.86. The van der Waals surface area contributed by atoms with E-state index in [-0.39, 0.29) is 30.3 Å². The summed E-state index contributed by atoms with van der Waals surface area (Å²) in [5, 5.41) is 14.8. The molecule has 8 heteroatoms. The molecular weight excluding hydrogens is 454 g/mol. The van der Waals surface area contributed by atoms with E-state index in [1.165, 1.54) is 5.56 Å². The molecule has 0 saturated carbocycles. The number of nitrogens with zero attached hydrogens (tertiary/aromatic N) is 2. The van der Waals surface area contributed by atoms with Gasteiger partial charge in [-0.3, -0.25) is 9.59 Å². The number of anilines is 1. The number of likely N-dealkylation sites (tertiary alicyclic amines) is 1. The van der Waals surface area contributed by atoms with Crippen LogP contribution in [-0.4, -0.2) is 41.9 Å². The highest BCUT2D eigenvalue weighted by Gasteiger charge is 2.25. The van der Waals surface area contributed by atoms with Crippen LogP contribution in [0.25, 0.3) is 0 Å². The topological polar surface area (TPSA) is 128 Å². The Morgan fingerprint density at radius 3 is 2.42 bits per heavy atom. The van der Waals surface area contributed by atoms with E-state index < -0.39 is 0 Å². The summed E-state index contributed by atoms with van der Waals surface area (Å²) < 4.78 is 0. The van der Waals surface area contributed by atoms with E-state index in [2.05, 4.69) is 16.7 Å².